The Kier molecular flexibility index (Phi) is 6.21. The predicted molar refractivity (Wildman–Crippen MR) is 112 cm³/mol. The van der Waals surface area contributed by atoms with Gasteiger partial charge in [0, 0.05) is 50.3 Å². The molecule has 0 bridgehead atoms. The van der Waals surface area contributed by atoms with Gasteiger partial charge in [0.05, 0.1) is 18.4 Å². The van der Waals surface area contributed by atoms with Crippen molar-refractivity contribution in [1.82, 2.24) is 15.2 Å². The van der Waals surface area contributed by atoms with Crippen LogP contribution in [0.2, 0.25) is 0 Å². The molecule has 0 aliphatic carbocycles. The predicted octanol–water partition coefficient (Wildman–Crippen LogP) is 3.02. The molecule has 0 saturated carbocycles. The fraction of sp³-hybridized carbons (Fsp3) is 0.333. The van der Waals surface area contributed by atoms with Gasteiger partial charge in [0.15, 0.2) is 10.8 Å². The van der Waals surface area contributed by atoms with Gasteiger partial charge in [0.2, 0.25) is 5.91 Å². The molecule has 0 unspecified atom stereocenters. The molecule has 29 heavy (non-hydrogen) atoms. The number of rotatable bonds is 7. The summed E-state index contributed by atoms with van der Waals surface area (Å²) in [7, 11) is 0. The van der Waals surface area contributed by atoms with Gasteiger partial charge in [0.25, 0.3) is 0 Å². The summed E-state index contributed by atoms with van der Waals surface area (Å²) < 4.78 is 18.4. The van der Waals surface area contributed by atoms with Crippen LogP contribution in [0.1, 0.15) is 5.69 Å². The minimum atomic E-state index is -0.210. The first-order chi connectivity index (χ1) is 14.2. The molecule has 1 aromatic carbocycles. The lowest BCUT2D eigenvalue weighted by atomic mass is 10.2. The maximum Gasteiger partial charge on any atom is 0.226 e. The Morgan fingerprint density at radius 3 is 2.69 bits per heavy atom. The highest BCUT2D eigenvalue weighted by atomic mass is 32.1. The Balaban J connectivity index is 1.16. The van der Waals surface area contributed by atoms with E-state index in [9.17, 15) is 9.18 Å². The van der Waals surface area contributed by atoms with Crippen molar-refractivity contribution in [3.05, 3.63) is 59.6 Å². The lowest BCUT2D eigenvalue weighted by Crippen LogP contribution is -2.48. The van der Waals surface area contributed by atoms with Crippen LogP contribution in [0.15, 0.2) is 52.5 Å². The Bertz CT molecular complexity index is 919. The van der Waals surface area contributed by atoms with Crippen molar-refractivity contribution in [3.63, 3.8) is 0 Å². The number of aromatic nitrogens is 1. The number of benzene rings is 1. The Morgan fingerprint density at radius 1 is 1.17 bits per heavy atom. The number of carbonyl (C=O) groups excluding carboxylic acids is 1. The van der Waals surface area contributed by atoms with Crippen molar-refractivity contribution in [2.45, 2.75) is 6.42 Å². The molecule has 0 radical (unpaired) electrons. The molecule has 3 heterocycles. The molecule has 3 aromatic rings. The van der Waals surface area contributed by atoms with Gasteiger partial charge in [-0.15, -0.1) is 11.3 Å². The van der Waals surface area contributed by atoms with Gasteiger partial charge in [-0.25, -0.2) is 9.37 Å². The molecule has 8 heteroatoms. The first kappa shape index (κ1) is 19.6. The van der Waals surface area contributed by atoms with Crippen molar-refractivity contribution >= 4 is 22.9 Å². The van der Waals surface area contributed by atoms with Crippen molar-refractivity contribution < 1.29 is 13.6 Å². The normalized spacial score (nSPS) is 14.9. The van der Waals surface area contributed by atoms with Crippen LogP contribution in [0.4, 0.5) is 10.1 Å². The summed E-state index contributed by atoms with van der Waals surface area (Å²) in [6.07, 6.45) is 1.89. The number of thiazole rings is 1. The quantitative estimate of drug-likeness (QED) is 0.644. The summed E-state index contributed by atoms with van der Waals surface area (Å²) in [5.41, 5.74) is 1.81. The number of furan rings is 1. The van der Waals surface area contributed by atoms with Crippen molar-refractivity contribution in [1.29, 1.82) is 0 Å². The van der Waals surface area contributed by atoms with Gasteiger partial charge in [-0.3, -0.25) is 9.69 Å². The second-order valence-electron chi connectivity index (χ2n) is 6.95. The molecule has 1 N–H and O–H groups in total. The number of hydrogen-bond acceptors (Lipinski definition) is 6. The highest BCUT2D eigenvalue weighted by Gasteiger charge is 2.17. The number of nitrogens with one attached hydrogen (secondary N) is 1. The molecule has 6 nitrogen and oxygen atoms in total. The fourth-order valence-electron chi connectivity index (χ4n) is 3.36. The van der Waals surface area contributed by atoms with E-state index in [-0.39, 0.29) is 18.1 Å². The lowest BCUT2D eigenvalue weighted by molar-refractivity contribution is -0.120. The average Bonchev–Trinajstić information content (AvgIpc) is 3.41. The first-order valence-corrected chi connectivity index (χ1v) is 10.5. The molecule has 4 rings (SSSR count). The number of anilines is 1. The molecule has 0 atom stereocenters. The summed E-state index contributed by atoms with van der Waals surface area (Å²) in [6.45, 7) is 5.07. The van der Waals surface area contributed by atoms with Gasteiger partial charge in [-0.1, -0.05) is 0 Å². The van der Waals surface area contributed by atoms with Crippen LogP contribution in [0.25, 0.3) is 10.8 Å². The van der Waals surface area contributed by atoms with Crippen LogP contribution >= 0.6 is 11.3 Å². The van der Waals surface area contributed by atoms with E-state index in [1.165, 1.54) is 23.5 Å². The molecular weight excluding hydrogens is 391 g/mol. The van der Waals surface area contributed by atoms with Crippen LogP contribution < -0.4 is 10.2 Å². The largest absolute Gasteiger partial charge is 0.462 e. The molecule has 2 aromatic heterocycles. The molecule has 1 saturated heterocycles. The third kappa shape index (κ3) is 5.21. The lowest BCUT2D eigenvalue weighted by Gasteiger charge is -2.36. The number of piperazine rings is 1. The average molecular weight is 415 g/mol. The smallest absolute Gasteiger partial charge is 0.226 e. The van der Waals surface area contributed by atoms with Gasteiger partial charge < -0.3 is 14.6 Å². The summed E-state index contributed by atoms with van der Waals surface area (Å²) in [4.78, 5) is 21.2. The second-order valence-corrected chi connectivity index (χ2v) is 7.81. The van der Waals surface area contributed by atoms with Gasteiger partial charge in [0.1, 0.15) is 5.82 Å². The van der Waals surface area contributed by atoms with Crippen molar-refractivity contribution in [2.24, 2.45) is 0 Å². The molecule has 1 aliphatic rings. The maximum atomic E-state index is 13.1. The van der Waals surface area contributed by atoms with Crippen LogP contribution in [0.3, 0.4) is 0 Å². The van der Waals surface area contributed by atoms with Crippen molar-refractivity contribution in [3.8, 4) is 10.8 Å². The number of carbonyl (C=O) groups is 1. The van der Waals surface area contributed by atoms with Crippen LogP contribution in [-0.4, -0.2) is 55.1 Å². The molecular formula is C21H23FN4O2S. The highest BCUT2D eigenvalue weighted by molar-refractivity contribution is 7.13. The number of amides is 1. The zero-order valence-corrected chi connectivity index (χ0v) is 16.8. The minimum absolute atomic E-state index is 0.0220. The van der Waals surface area contributed by atoms with Crippen LogP contribution in [0.5, 0.6) is 0 Å². The van der Waals surface area contributed by atoms with E-state index in [4.69, 9.17) is 4.42 Å². The van der Waals surface area contributed by atoms with Gasteiger partial charge in [-0.05, 0) is 36.4 Å². The van der Waals surface area contributed by atoms with E-state index in [1.54, 1.807) is 6.26 Å². The van der Waals surface area contributed by atoms with Gasteiger partial charge >= 0.3 is 0 Å². The molecule has 1 amide bonds. The minimum Gasteiger partial charge on any atom is -0.462 e. The monoisotopic (exact) mass is 414 g/mol. The van der Waals surface area contributed by atoms with E-state index in [1.807, 2.05) is 29.6 Å². The number of nitrogens with zero attached hydrogens (tertiary/aromatic N) is 3. The summed E-state index contributed by atoms with van der Waals surface area (Å²) >= 11 is 1.48. The SMILES string of the molecule is O=C(Cc1csc(-c2ccco2)n1)NCCN1CCN(c2ccc(F)cc2)CC1. The van der Waals surface area contributed by atoms with E-state index >= 15 is 0 Å². The molecule has 152 valence electrons. The van der Waals surface area contributed by atoms with Crippen molar-refractivity contribution in [2.75, 3.05) is 44.2 Å². The van der Waals surface area contributed by atoms with Gasteiger partial charge in [-0.2, -0.15) is 0 Å². The zero-order valence-electron chi connectivity index (χ0n) is 16.0. The summed E-state index contributed by atoms with van der Waals surface area (Å²) in [5.74, 6) is 0.491. The molecule has 1 aliphatic heterocycles. The third-order valence-corrected chi connectivity index (χ3v) is 5.85. The topological polar surface area (TPSA) is 61.6 Å². The van der Waals surface area contributed by atoms with Crippen LogP contribution in [-0.2, 0) is 11.2 Å². The highest BCUT2D eigenvalue weighted by Crippen LogP contribution is 2.24. The Morgan fingerprint density at radius 2 is 1.97 bits per heavy atom. The zero-order chi connectivity index (χ0) is 20.1. The second kappa shape index (κ2) is 9.19. The Hall–Kier alpha value is -2.71. The first-order valence-electron chi connectivity index (χ1n) is 9.65. The molecule has 1 fully saturated rings. The van der Waals surface area contributed by atoms with E-state index in [0.29, 0.717) is 6.54 Å². The fourth-order valence-corrected chi connectivity index (χ4v) is 4.15. The van der Waals surface area contributed by atoms with E-state index in [2.05, 4.69) is 20.1 Å². The van der Waals surface area contributed by atoms with E-state index in [0.717, 1.165) is 54.9 Å². The summed E-state index contributed by atoms with van der Waals surface area (Å²) in [5, 5.41) is 5.66. The van der Waals surface area contributed by atoms with Crippen LogP contribution in [0, 0.1) is 5.82 Å². The standard InChI is InChI=1S/C21H23FN4O2S/c22-16-3-5-18(6-4-16)26-11-9-25(10-12-26)8-7-23-20(27)14-17-15-29-21(24-17)19-2-1-13-28-19/h1-6,13,15H,7-12,14H2,(H,23,27). The molecule has 0 spiro atoms. The maximum absolute atomic E-state index is 13.1. The number of halogens is 1. The Labute approximate surface area is 173 Å². The summed E-state index contributed by atoms with van der Waals surface area (Å²) in [6, 6.07) is 10.3. The number of hydrogen-bond donors (Lipinski definition) is 1. The third-order valence-electron chi connectivity index (χ3n) is 4.94. The van der Waals surface area contributed by atoms with E-state index < -0.39 is 0 Å².